The number of nitrogen functional groups attached to an aromatic ring is 1. The summed E-state index contributed by atoms with van der Waals surface area (Å²) in [6.07, 6.45) is -7.48. The van der Waals surface area contributed by atoms with Crippen molar-refractivity contribution in [1.82, 2.24) is 24.6 Å². The quantitative estimate of drug-likeness (QED) is 0.132. The number of nitrogens with one attached hydrogen (secondary N) is 2. The molecule has 0 aliphatic carbocycles. The van der Waals surface area contributed by atoms with Crippen molar-refractivity contribution in [3.8, 4) is 5.75 Å². The molecule has 1 aromatic carbocycles. The topological polar surface area (TPSA) is 185 Å². The summed E-state index contributed by atoms with van der Waals surface area (Å²) < 4.78 is 65.5. The number of aromatic nitrogens is 4. The van der Waals surface area contributed by atoms with Crippen molar-refractivity contribution in [2.75, 3.05) is 31.3 Å². The third-order valence-corrected chi connectivity index (χ3v) is 8.34. The van der Waals surface area contributed by atoms with Crippen LogP contribution >= 0.6 is 19.3 Å². The Morgan fingerprint density at radius 1 is 1.34 bits per heavy atom. The molecule has 41 heavy (non-hydrogen) atoms. The second-order valence-corrected chi connectivity index (χ2v) is 11.3. The molecular formula is C23H29ClF2N7O7P. The minimum absolute atomic E-state index is 0.00861. The fraction of sp³-hybridized carbons (Fsp3) is 0.478. The van der Waals surface area contributed by atoms with Gasteiger partial charge >= 0.3 is 13.7 Å². The Kier molecular flexibility index (Phi) is 9.31. The number of rotatable bonds is 12. The van der Waals surface area contributed by atoms with Gasteiger partial charge in [-0.05, 0) is 26.0 Å². The van der Waals surface area contributed by atoms with Gasteiger partial charge in [-0.15, -0.1) is 11.6 Å². The normalized spacial score (nSPS) is 24.7. The predicted molar refractivity (Wildman–Crippen MR) is 144 cm³/mol. The number of halogens is 3. The number of benzene rings is 1. The van der Waals surface area contributed by atoms with Crippen molar-refractivity contribution in [2.45, 2.75) is 49.6 Å². The molecule has 1 aliphatic heterocycles. The summed E-state index contributed by atoms with van der Waals surface area (Å²) in [4.78, 5) is 21.7. The van der Waals surface area contributed by atoms with Crippen molar-refractivity contribution in [2.24, 2.45) is 0 Å². The van der Waals surface area contributed by atoms with Gasteiger partial charge in [0.25, 0.3) is 6.43 Å². The number of anilines is 2. The van der Waals surface area contributed by atoms with Crippen LogP contribution in [0.1, 0.15) is 20.1 Å². The zero-order valence-corrected chi connectivity index (χ0v) is 23.8. The summed E-state index contributed by atoms with van der Waals surface area (Å²) in [5.41, 5.74) is 5.96. The third kappa shape index (κ3) is 6.22. The fourth-order valence-corrected chi connectivity index (χ4v) is 5.94. The standard InChI is InChI=1S/C23H29ClF2N7O7P/c1-4-37-19(35)12(2)32-41(36,40-13-8-6-5-7-9-13)38-10-14-16(34)23(24,20(25)26)21(39-14)33-11-29-15-17(28-3)30-22(27)31-18(15)33/h5-9,11-12,14,16,20-21,34H,4,10H2,1-3H3,(H,32,36)(H3,27,28,30,31)/t12?,14-,16-,21-,23+,41-/m1/s1. The van der Waals surface area contributed by atoms with Crippen molar-refractivity contribution in [3.05, 3.63) is 36.7 Å². The first-order valence-corrected chi connectivity index (χ1v) is 14.3. The number of nitrogens with two attached hydrogens (primary N) is 1. The van der Waals surface area contributed by atoms with Crippen LogP contribution in [-0.4, -0.2) is 80.4 Å². The molecule has 0 bridgehead atoms. The van der Waals surface area contributed by atoms with E-state index in [1.54, 1.807) is 32.2 Å². The number of esters is 1. The Balaban J connectivity index is 1.62. The van der Waals surface area contributed by atoms with E-state index in [0.29, 0.717) is 0 Å². The number of imidazole rings is 1. The molecule has 1 fully saturated rings. The van der Waals surface area contributed by atoms with Crippen LogP contribution in [0.2, 0.25) is 0 Å². The molecule has 2 aromatic heterocycles. The smallest absolute Gasteiger partial charge is 0.459 e. The van der Waals surface area contributed by atoms with Gasteiger partial charge in [-0.25, -0.2) is 18.3 Å². The predicted octanol–water partition coefficient (Wildman–Crippen LogP) is 2.70. The van der Waals surface area contributed by atoms with Crippen LogP contribution in [0.3, 0.4) is 0 Å². The van der Waals surface area contributed by atoms with E-state index in [2.05, 4.69) is 25.4 Å². The van der Waals surface area contributed by atoms with E-state index >= 15 is 0 Å². The van der Waals surface area contributed by atoms with Gasteiger partial charge in [0.1, 0.15) is 24.0 Å². The zero-order chi connectivity index (χ0) is 29.9. The van der Waals surface area contributed by atoms with Crippen molar-refractivity contribution in [3.63, 3.8) is 0 Å². The van der Waals surface area contributed by atoms with Crippen LogP contribution < -0.4 is 20.7 Å². The Labute approximate surface area is 238 Å². The number of para-hydroxylation sites is 1. The van der Waals surface area contributed by atoms with Crippen LogP contribution in [-0.2, 0) is 23.4 Å². The lowest BCUT2D eigenvalue weighted by Crippen LogP contribution is -2.48. The average Bonchev–Trinajstić information content (AvgIpc) is 3.46. The van der Waals surface area contributed by atoms with E-state index in [0.717, 1.165) is 10.9 Å². The van der Waals surface area contributed by atoms with E-state index in [9.17, 15) is 23.2 Å². The van der Waals surface area contributed by atoms with Crippen LogP contribution in [0.25, 0.3) is 11.2 Å². The minimum Gasteiger partial charge on any atom is -0.465 e. The Bertz CT molecular complexity index is 1420. The van der Waals surface area contributed by atoms with Gasteiger partial charge in [-0.1, -0.05) is 18.2 Å². The molecule has 6 atom stereocenters. The second-order valence-electron chi connectivity index (χ2n) is 8.90. The Hall–Kier alpha value is -3.14. The molecule has 3 aromatic rings. The van der Waals surface area contributed by atoms with E-state index in [1.165, 1.54) is 19.1 Å². The van der Waals surface area contributed by atoms with Gasteiger partial charge in [0.2, 0.25) is 5.95 Å². The van der Waals surface area contributed by atoms with Crippen molar-refractivity contribution < 1.29 is 41.8 Å². The maximum Gasteiger partial charge on any atom is 0.459 e. The highest BCUT2D eigenvalue weighted by atomic mass is 35.5. The highest BCUT2D eigenvalue weighted by Gasteiger charge is 2.62. The summed E-state index contributed by atoms with van der Waals surface area (Å²) in [5.74, 6) is -0.577. The highest BCUT2D eigenvalue weighted by Crippen LogP contribution is 2.51. The summed E-state index contributed by atoms with van der Waals surface area (Å²) in [6, 6.07) is 6.74. The van der Waals surface area contributed by atoms with E-state index in [1.807, 2.05) is 0 Å². The zero-order valence-electron chi connectivity index (χ0n) is 22.1. The molecule has 0 amide bonds. The van der Waals surface area contributed by atoms with E-state index in [4.69, 9.17) is 35.9 Å². The number of carbonyl (C=O) groups is 1. The monoisotopic (exact) mass is 619 g/mol. The molecule has 1 aliphatic rings. The lowest BCUT2D eigenvalue weighted by Gasteiger charge is -2.29. The number of ether oxygens (including phenoxy) is 2. The number of fused-ring (bicyclic) bond motifs is 1. The lowest BCUT2D eigenvalue weighted by atomic mass is 9.99. The fourth-order valence-electron chi connectivity index (χ4n) is 4.14. The number of aliphatic hydroxyl groups is 1. The van der Waals surface area contributed by atoms with Crippen LogP contribution in [0.5, 0.6) is 5.75 Å². The summed E-state index contributed by atoms with van der Waals surface area (Å²) >= 11 is 6.37. The molecule has 224 valence electrons. The Morgan fingerprint density at radius 3 is 2.68 bits per heavy atom. The van der Waals surface area contributed by atoms with Gasteiger partial charge in [0.05, 0.1) is 19.5 Å². The number of aliphatic hydroxyl groups excluding tert-OH is 1. The number of hydrogen-bond donors (Lipinski definition) is 4. The SMILES string of the molecule is CCOC(=O)C(C)N[P@@](=O)(OC[C@H]1O[C@@H](n2cnc3c(NC)nc(N)nc32)[C@@](Cl)(C(F)F)[C@@H]1O)Oc1ccccc1. The van der Waals surface area contributed by atoms with Gasteiger partial charge < -0.3 is 30.2 Å². The molecular weight excluding hydrogens is 591 g/mol. The van der Waals surface area contributed by atoms with E-state index in [-0.39, 0.29) is 35.3 Å². The largest absolute Gasteiger partial charge is 0.465 e. The molecule has 5 N–H and O–H groups in total. The van der Waals surface area contributed by atoms with Gasteiger partial charge in [0.15, 0.2) is 28.1 Å². The van der Waals surface area contributed by atoms with Gasteiger partial charge in [-0.3, -0.25) is 13.9 Å². The summed E-state index contributed by atoms with van der Waals surface area (Å²) in [6.45, 7) is 2.30. The maximum absolute atomic E-state index is 14.5. The number of hydrogen-bond acceptors (Lipinski definition) is 12. The molecule has 18 heteroatoms. The van der Waals surface area contributed by atoms with Crippen LogP contribution in [0.15, 0.2) is 36.7 Å². The van der Waals surface area contributed by atoms with Gasteiger partial charge in [-0.2, -0.15) is 15.1 Å². The molecule has 0 spiro atoms. The second kappa shape index (κ2) is 12.4. The molecule has 4 rings (SSSR count). The molecule has 14 nitrogen and oxygen atoms in total. The minimum atomic E-state index is -4.39. The highest BCUT2D eigenvalue weighted by molar-refractivity contribution is 7.52. The first kappa shape index (κ1) is 30.8. The summed E-state index contributed by atoms with van der Waals surface area (Å²) in [7, 11) is -2.84. The number of nitrogens with zero attached hydrogens (tertiary/aromatic N) is 4. The lowest BCUT2D eigenvalue weighted by molar-refractivity contribution is -0.144. The molecule has 0 radical (unpaired) electrons. The number of alkyl halides is 3. The first-order valence-electron chi connectivity index (χ1n) is 12.4. The maximum atomic E-state index is 14.5. The van der Waals surface area contributed by atoms with Crippen LogP contribution in [0, 0.1) is 0 Å². The number of carbonyl (C=O) groups excluding carboxylic acids is 1. The molecule has 3 heterocycles. The molecule has 0 saturated carbocycles. The van der Waals surface area contributed by atoms with Crippen molar-refractivity contribution >= 4 is 48.2 Å². The molecule has 1 unspecified atom stereocenters. The summed E-state index contributed by atoms with van der Waals surface area (Å²) in [5, 5.41) is 16.2. The molecule has 1 saturated heterocycles. The van der Waals surface area contributed by atoms with Gasteiger partial charge in [0, 0.05) is 7.05 Å². The van der Waals surface area contributed by atoms with E-state index < -0.39 is 56.1 Å². The third-order valence-electron chi connectivity index (χ3n) is 6.12. The average molecular weight is 620 g/mol. The van der Waals surface area contributed by atoms with Crippen LogP contribution in [0.4, 0.5) is 20.5 Å². The van der Waals surface area contributed by atoms with Crippen molar-refractivity contribution in [1.29, 1.82) is 0 Å². The first-order chi connectivity index (χ1) is 19.4. The Morgan fingerprint density at radius 2 is 2.05 bits per heavy atom.